The summed E-state index contributed by atoms with van der Waals surface area (Å²) < 4.78 is 5.76. The molecule has 0 spiro atoms. The number of benzene rings is 1. The lowest BCUT2D eigenvalue weighted by Crippen LogP contribution is -2.62. The van der Waals surface area contributed by atoms with Crippen LogP contribution in [-0.2, 0) is 14.3 Å². The third kappa shape index (κ3) is 5.27. The second-order valence-electron chi connectivity index (χ2n) is 10.9. The molecule has 9 heteroatoms. The van der Waals surface area contributed by atoms with Gasteiger partial charge in [-0.05, 0) is 56.3 Å². The number of anilines is 1. The number of nitrogens with one attached hydrogen (secondary N) is 1. The first kappa shape index (κ1) is 26.5. The van der Waals surface area contributed by atoms with Crippen LogP contribution in [0, 0.1) is 0 Å². The topological polar surface area (TPSA) is 82.2 Å². The number of rotatable bonds is 7. The molecule has 3 heterocycles. The van der Waals surface area contributed by atoms with E-state index in [-0.39, 0.29) is 35.6 Å². The van der Waals surface area contributed by atoms with E-state index >= 15 is 0 Å². The molecular formula is C28H40N4O4S. The van der Waals surface area contributed by atoms with Crippen LogP contribution in [0.3, 0.4) is 0 Å². The van der Waals surface area contributed by atoms with E-state index in [4.69, 9.17) is 4.74 Å². The quantitative estimate of drug-likeness (QED) is 0.583. The molecule has 1 aromatic carbocycles. The zero-order chi connectivity index (χ0) is 26.0. The minimum absolute atomic E-state index is 0.0293. The Bertz CT molecular complexity index is 988. The van der Waals surface area contributed by atoms with Crippen LogP contribution in [0.5, 0.6) is 0 Å². The van der Waals surface area contributed by atoms with Crippen molar-refractivity contribution in [3.63, 3.8) is 0 Å². The molecule has 4 aliphatic rings. The van der Waals surface area contributed by atoms with Crippen LogP contribution in [-0.4, -0.2) is 102 Å². The Kier molecular flexibility index (Phi) is 8.12. The van der Waals surface area contributed by atoms with E-state index in [1.165, 1.54) is 6.42 Å². The van der Waals surface area contributed by atoms with Gasteiger partial charge in [0, 0.05) is 44.0 Å². The molecule has 1 N–H and O–H groups in total. The summed E-state index contributed by atoms with van der Waals surface area (Å²) in [5, 5.41) is 3.24. The Morgan fingerprint density at radius 3 is 2.43 bits per heavy atom. The minimum Gasteiger partial charge on any atom is -0.369 e. The van der Waals surface area contributed by atoms with Crippen molar-refractivity contribution in [1.29, 1.82) is 0 Å². The molecule has 1 aromatic rings. The summed E-state index contributed by atoms with van der Waals surface area (Å²) in [7, 11) is 0. The first-order valence-electron chi connectivity index (χ1n) is 13.8. The second kappa shape index (κ2) is 11.3. The van der Waals surface area contributed by atoms with Gasteiger partial charge in [-0.1, -0.05) is 26.2 Å². The van der Waals surface area contributed by atoms with Gasteiger partial charge < -0.3 is 19.9 Å². The number of carbonyl (C=O) groups excluding carboxylic acids is 3. The minimum atomic E-state index is -0.968. The number of hydrogen-bond acceptors (Lipinski definition) is 7. The van der Waals surface area contributed by atoms with Crippen LogP contribution < -0.4 is 10.2 Å². The molecule has 1 saturated carbocycles. The van der Waals surface area contributed by atoms with Crippen LogP contribution in [0.1, 0.15) is 55.8 Å². The Balaban J connectivity index is 1.29. The van der Waals surface area contributed by atoms with Gasteiger partial charge in [-0.3, -0.25) is 19.3 Å². The van der Waals surface area contributed by atoms with Crippen molar-refractivity contribution in [3.8, 4) is 0 Å². The highest BCUT2D eigenvalue weighted by molar-refractivity contribution is 7.99. The molecule has 0 unspecified atom stereocenters. The number of fused-ring (bicyclic) bond motifs is 1. The third-order valence-electron chi connectivity index (χ3n) is 8.58. The van der Waals surface area contributed by atoms with Gasteiger partial charge in [0.15, 0.2) is 5.78 Å². The fourth-order valence-electron chi connectivity index (χ4n) is 6.51. The number of ether oxygens (including phenoxy) is 1. The predicted molar refractivity (Wildman–Crippen MR) is 146 cm³/mol. The zero-order valence-corrected chi connectivity index (χ0v) is 22.9. The highest BCUT2D eigenvalue weighted by Crippen LogP contribution is 2.38. The number of hydrogen-bond donors (Lipinski definition) is 1. The van der Waals surface area contributed by atoms with E-state index in [2.05, 4.69) is 22.0 Å². The lowest BCUT2D eigenvalue weighted by molar-refractivity contribution is -0.143. The van der Waals surface area contributed by atoms with E-state index < -0.39 is 11.6 Å². The fourth-order valence-corrected chi connectivity index (χ4v) is 7.32. The number of amides is 2. The van der Waals surface area contributed by atoms with E-state index in [0.29, 0.717) is 24.9 Å². The molecule has 37 heavy (non-hydrogen) atoms. The van der Waals surface area contributed by atoms with Crippen molar-refractivity contribution in [1.82, 2.24) is 15.1 Å². The van der Waals surface area contributed by atoms with Crippen molar-refractivity contribution >= 4 is 35.0 Å². The van der Waals surface area contributed by atoms with Gasteiger partial charge in [0.2, 0.25) is 5.91 Å². The Morgan fingerprint density at radius 2 is 1.78 bits per heavy atom. The normalized spacial score (nSPS) is 27.8. The molecule has 0 radical (unpaired) electrons. The molecular weight excluding hydrogens is 488 g/mol. The van der Waals surface area contributed by atoms with Crippen molar-refractivity contribution in [2.75, 3.05) is 57.0 Å². The van der Waals surface area contributed by atoms with Gasteiger partial charge in [-0.25, -0.2) is 0 Å². The molecule has 202 valence electrons. The van der Waals surface area contributed by atoms with Gasteiger partial charge >= 0.3 is 0 Å². The van der Waals surface area contributed by atoms with Crippen molar-refractivity contribution in [2.24, 2.45) is 0 Å². The molecule has 0 aromatic heterocycles. The van der Waals surface area contributed by atoms with Gasteiger partial charge in [0.1, 0.15) is 18.2 Å². The number of ketones is 1. The molecule has 4 fully saturated rings. The Labute approximate surface area is 224 Å². The maximum absolute atomic E-state index is 14.1. The molecule has 5 rings (SSSR count). The van der Waals surface area contributed by atoms with Gasteiger partial charge in [0.25, 0.3) is 5.91 Å². The van der Waals surface area contributed by atoms with E-state index in [1.54, 1.807) is 16.7 Å². The monoisotopic (exact) mass is 528 g/mol. The van der Waals surface area contributed by atoms with Crippen LogP contribution in [0.15, 0.2) is 24.3 Å². The van der Waals surface area contributed by atoms with Crippen LogP contribution in [0.2, 0.25) is 0 Å². The molecule has 3 atom stereocenters. The largest absolute Gasteiger partial charge is 0.369 e. The summed E-state index contributed by atoms with van der Waals surface area (Å²) in [4.78, 5) is 46.7. The molecule has 3 saturated heterocycles. The van der Waals surface area contributed by atoms with E-state index in [0.717, 1.165) is 57.7 Å². The van der Waals surface area contributed by atoms with E-state index in [9.17, 15) is 14.4 Å². The van der Waals surface area contributed by atoms with Gasteiger partial charge in [-0.15, -0.1) is 0 Å². The third-order valence-corrected chi connectivity index (χ3v) is 9.60. The number of likely N-dealkylation sites (tertiary alicyclic amines) is 1. The van der Waals surface area contributed by atoms with Gasteiger partial charge in [-0.2, -0.15) is 11.8 Å². The number of nitrogens with zero attached hydrogens (tertiary/aromatic N) is 3. The van der Waals surface area contributed by atoms with Crippen LogP contribution in [0.4, 0.5) is 5.69 Å². The first-order valence-corrected chi connectivity index (χ1v) is 15.1. The summed E-state index contributed by atoms with van der Waals surface area (Å²) in [6.07, 6.45) is 6.94. The maximum Gasteiger partial charge on any atom is 0.252 e. The molecule has 2 amide bonds. The Hall–Kier alpha value is -2.10. The fraction of sp³-hybridized carbons (Fsp3) is 0.679. The van der Waals surface area contributed by atoms with Gasteiger partial charge in [0.05, 0.1) is 11.4 Å². The van der Waals surface area contributed by atoms with Crippen LogP contribution >= 0.6 is 11.8 Å². The second-order valence-corrected chi connectivity index (χ2v) is 12.0. The predicted octanol–water partition coefficient (Wildman–Crippen LogP) is 2.56. The smallest absolute Gasteiger partial charge is 0.252 e. The average Bonchev–Trinajstić information content (AvgIpc) is 3.49. The van der Waals surface area contributed by atoms with Crippen molar-refractivity contribution in [2.45, 2.75) is 68.4 Å². The first-order chi connectivity index (χ1) is 18.0. The summed E-state index contributed by atoms with van der Waals surface area (Å²) >= 11 is 1.64. The lowest BCUT2D eigenvalue weighted by Gasteiger charge is -2.40. The molecule has 0 bridgehead atoms. The number of piperazine rings is 1. The highest BCUT2D eigenvalue weighted by atomic mass is 32.2. The standard InChI is InChI=1S/C28H40N4O4S/c1-3-13-30-14-16-31(17-15-30)21-9-7-20(8-10-21)26(34)29-28(11-5-4-6-12-28)27(35)32-18-23(37-2)25-24(32)22(33)19-36-25/h7-10,23-25H,3-6,11-19H2,1-2H3,(H,29,34)/t23-,24+,25+/m0/s1. The van der Waals surface area contributed by atoms with Crippen molar-refractivity contribution in [3.05, 3.63) is 29.8 Å². The summed E-state index contributed by atoms with van der Waals surface area (Å²) in [5.74, 6) is -0.369. The summed E-state index contributed by atoms with van der Waals surface area (Å²) in [6.45, 7) is 8.00. The summed E-state index contributed by atoms with van der Waals surface area (Å²) in [5.41, 5.74) is 0.722. The highest BCUT2D eigenvalue weighted by Gasteiger charge is 2.56. The molecule has 1 aliphatic carbocycles. The molecule has 3 aliphatic heterocycles. The maximum atomic E-state index is 14.1. The zero-order valence-electron chi connectivity index (χ0n) is 22.1. The number of carbonyl (C=O) groups is 3. The number of Topliss-reactive ketones (excluding diaryl/α,β-unsaturated/α-hetero) is 1. The Morgan fingerprint density at radius 1 is 1.08 bits per heavy atom. The average molecular weight is 529 g/mol. The lowest BCUT2D eigenvalue weighted by atomic mass is 9.80. The molecule has 8 nitrogen and oxygen atoms in total. The van der Waals surface area contributed by atoms with E-state index in [1.807, 2.05) is 30.5 Å². The van der Waals surface area contributed by atoms with Crippen LogP contribution in [0.25, 0.3) is 0 Å². The van der Waals surface area contributed by atoms with Crippen molar-refractivity contribution < 1.29 is 19.1 Å². The number of thioether (sulfide) groups is 1. The SMILES string of the molecule is CCCN1CCN(c2ccc(C(=O)NC3(C(=O)N4C[C@H](SC)[C@H]5OCC(=O)[C@H]54)CCCCC3)cc2)CC1. The summed E-state index contributed by atoms with van der Waals surface area (Å²) in [6, 6.07) is 7.24.